The average Bonchev–Trinajstić information content (AvgIpc) is 2.32. The highest BCUT2D eigenvalue weighted by Gasteiger charge is 2.32. The number of nitrogens with zero attached hydrogens (tertiary/aromatic N) is 1. The van der Waals surface area contributed by atoms with Crippen LogP contribution < -0.4 is 11.1 Å². The van der Waals surface area contributed by atoms with Crippen molar-refractivity contribution in [1.29, 1.82) is 0 Å². The Morgan fingerprint density at radius 2 is 2.00 bits per heavy atom. The molecule has 0 aromatic carbocycles. The number of nitrogens with one attached hydrogen (secondary N) is 1. The van der Waals surface area contributed by atoms with Crippen LogP contribution in [0.4, 0.5) is 0 Å². The van der Waals surface area contributed by atoms with Crippen molar-refractivity contribution in [3.05, 3.63) is 0 Å². The van der Waals surface area contributed by atoms with Gasteiger partial charge in [-0.2, -0.15) is 0 Å². The highest BCUT2D eigenvalue weighted by Crippen LogP contribution is 2.29. The summed E-state index contributed by atoms with van der Waals surface area (Å²) in [5.41, 5.74) is 5.62. The first-order chi connectivity index (χ1) is 8.86. The first-order valence-electron chi connectivity index (χ1n) is 7.14. The molecule has 4 N–H and O–H groups in total. The Morgan fingerprint density at radius 3 is 2.47 bits per heavy atom. The summed E-state index contributed by atoms with van der Waals surface area (Å²) in [5.74, 6) is 0.521. The maximum atomic E-state index is 12.3. The van der Waals surface area contributed by atoms with Crippen molar-refractivity contribution >= 4 is 11.7 Å². The molecule has 0 aromatic rings. The largest absolute Gasteiger partial charge is 0.409 e. The Hall–Kier alpha value is -1.26. The molecule has 0 bridgehead atoms. The number of rotatable bonds is 4. The lowest BCUT2D eigenvalue weighted by Crippen LogP contribution is -2.49. The molecule has 0 heterocycles. The topological polar surface area (TPSA) is 87.7 Å². The Labute approximate surface area is 115 Å². The molecule has 0 saturated heterocycles. The van der Waals surface area contributed by atoms with Gasteiger partial charge in [0.05, 0.1) is 0 Å². The second kappa shape index (κ2) is 6.78. The standard InChI is InChI=1S/C14H27N3O2/c1-8(2)12(13(15)17-19)14(18)16-11-6-5-9(3)7-10(11)4/h8-12,19H,5-7H2,1-4H3,(H2,15,17)(H,16,18). The predicted molar refractivity (Wildman–Crippen MR) is 75.8 cm³/mol. The lowest BCUT2D eigenvalue weighted by atomic mass is 9.79. The Balaban J connectivity index is 2.67. The summed E-state index contributed by atoms with van der Waals surface area (Å²) in [7, 11) is 0. The highest BCUT2D eigenvalue weighted by atomic mass is 16.4. The zero-order chi connectivity index (χ0) is 14.6. The van der Waals surface area contributed by atoms with Crippen LogP contribution in [0.3, 0.4) is 0 Å². The molecule has 1 aliphatic rings. The van der Waals surface area contributed by atoms with E-state index in [1.807, 2.05) is 13.8 Å². The fraction of sp³-hybridized carbons (Fsp3) is 0.857. The van der Waals surface area contributed by atoms with Gasteiger partial charge < -0.3 is 16.3 Å². The van der Waals surface area contributed by atoms with Crippen LogP contribution in [0.25, 0.3) is 0 Å². The van der Waals surface area contributed by atoms with Crippen molar-refractivity contribution in [3.63, 3.8) is 0 Å². The van der Waals surface area contributed by atoms with Crippen LogP contribution in [-0.4, -0.2) is 23.0 Å². The Bertz CT molecular complexity index is 342. The number of oxime groups is 1. The van der Waals surface area contributed by atoms with Crippen LogP contribution in [0.5, 0.6) is 0 Å². The van der Waals surface area contributed by atoms with Gasteiger partial charge in [0.2, 0.25) is 5.91 Å². The average molecular weight is 269 g/mol. The summed E-state index contributed by atoms with van der Waals surface area (Å²) in [6.45, 7) is 8.22. The summed E-state index contributed by atoms with van der Waals surface area (Å²) in [6.07, 6.45) is 3.29. The van der Waals surface area contributed by atoms with E-state index in [0.717, 1.165) is 25.2 Å². The Morgan fingerprint density at radius 1 is 1.37 bits per heavy atom. The third kappa shape index (κ3) is 4.11. The molecular weight excluding hydrogens is 242 g/mol. The lowest BCUT2D eigenvalue weighted by Gasteiger charge is -2.34. The van der Waals surface area contributed by atoms with Gasteiger partial charge in [-0.1, -0.05) is 32.9 Å². The van der Waals surface area contributed by atoms with Crippen molar-refractivity contribution in [3.8, 4) is 0 Å². The number of nitrogens with two attached hydrogens (primary N) is 1. The second-order valence-electron chi connectivity index (χ2n) is 6.26. The number of amidine groups is 1. The molecule has 1 aliphatic carbocycles. The predicted octanol–water partition coefficient (Wildman–Crippen LogP) is 1.95. The zero-order valence-electron chi connectivity index (χ0n) is 12.4. The van der Waals surface area contributed by atoms with Crippen molar-refractivity contribution in [2.75, 3.05) is 0 Å². The van der Waals surface area contributed by atoms with E-state index < -0.39 is 5.92 Å². The molecular formula is C14H27N3O2. The molecule has 19 heavy (non-hydrogen) atoms. The molecule has 1 saturated carbocycles. The molecule has 1 amide bonds. The second-order valence-corrected chi connectivity index (χ2v) is 6.26. The van der Waals surface area contributed by atoms with Gasteiger partial charge in [-0.3, -0.25) is 4.79 Å². The minimum atomic E-state index is -0.559. The van der Waals surface area contributed by atoms with Crippen molar-refractivity contribution < 1.29 is 10.0 Å². The van der Waals surface area contributed by atoms with Gasteiger partial charge >= 0.3 is 0 Å². The van der Waals surface area contributed by atoms with E-state index in [9.17, 15) is 4.79 Å². The monoisotopic (exact) mass is 269 g/mol. The Kier molecular flexibility index (Phi) is 5.63. The fourth-order valence-corrected chi connectivity index (χ4v) is 2.99. The molecule has 1 rings (SSSR count). The van der Waals surface area contributed by atoms with E-state index in [-0.39, 0.29) is 23.7 Å². The third-order valence-corrected chi connectivity index (χ3v) is 4.14. The van der Waals surface area contributed by atoms with Gasteiger partial charge in [0.25, 0.3) is 0 Å². The fourth-order valence-electron chi connectivity index (χ4n) is 2.99. The molecule has 0 spiro atoms. The van der Waals surface area contributed by atoms with Crippen LogP contribution in [0, 0.1) is 23.7 Å². The maximum absolute atomic E-state index is 12.3. The minimum Gasteiger partial charge on any atom is -0.409 e. The van der Waals surface area contributed by atoms with E-state index >= 15 is 0 Å². The first kappa shape index (κ1) is 15.8. The van der Waals surface area contributed by atoms with Gasteiger partial charge in [-0.05, 0) is 37.0 Å². The number of amides is 1. The van der Waals surface area contributed by atoms with Crippen LogP contribution >= 0.6 is 0 Å². The highest BCUT2D eigenvalue weighted by molar-refractivity contribution is 6.02. The summed E-state index contributed by atoms with van der Waals surface area (Å²) >= 11 is 0. The summed E-state index contributed by atoms with van der Waals surface area (Å²) < 4.78 is 0. The molecule has 0 radical (unpaired) electrons. The molecule has 0 aromatic heterocycles. The van der Waals surface area contributed by atoms with Gasteiger partial charge in [-0.25, -0.2) is 0 Å². The molecule has 1 fully saturated rings. The number of carbonyl (C=O) groups excluding carboxylic acids is 1. The third-order valence-electron chi connectivity index (χ3n) is 4.14. The van der Waals surface area contributed by atoms with Gasteiger partial charge in [0.15, 0.2) is 5.84 Å². The molecule has 5 nitrogen and oxygen atoms in total. The van der Waals surface area contributed by atoms with E-state index in [2.05, 4.69) is 24.3 Å². The summed E-state index contributed by atoms with van der Waals surface area (Å²) in [6, 6.07) is 0.205. The minimum absolute atomic E-state index is 0.00807. The van der Waals surface area contributed by atoms with E-state index in [1.165, 1.54) is 0 Å². The normalized spacial score (nSPS) is 30.2. The SMILES string of the molecule is CC1CCC(NC(=O)C(C(N)=NO)C(C)C)C(C)C1. The molecule has 0 aliphatic heterocycles. The van der Waals surface area contributed by atoms with Crippen LogP contribution in [-0.2, 0) is 4.79 Å². The van der Waals surface area contributed by atoms with Gasteiger partial charge in [0.1, 0.15) is 5.92 Å². The summed E-state index contributed by atoms with van der Waals surface area (Å²) in [5, 5.41) is 14.8. The molecule has 110 valence electrons. The zero-order valence-corrected chi connectivity index (χ0v) is 12.4. The molecule has 4 atom stereocenters. The van der Waals surface area contributed by atoms with E-state index in [4.69, 9.17) is 10.9 Å². The molecule has 5 heteroatoms. The van der Waals surface area contributed by atoms with E-state index in [0.29, 0.717) is 5.92 Å². The number of carbonyl (C=O) groups is 1. The molecule has 4 unspecified atom stereocenters. The summed E-state index contributed by atoms with van der Waals surface area (Å²) in [4.78, 5) is 12.3. The van der Waals surface area contributed by atoms with Gasteiger partial charge in [0, 0.05) is 6.04 Å². The van der Waals surface area contributed by atoms with Crippen LogP contribution in [0.15, 0.2) is 5.16 Å². The maximum Gasteiger partial charge on any atom is 0.231 e. The van der Waals surface area contributed by atoms with Crippen LogP contribution in [0.1, 0.15) is 47.0 Å². The number of hydrogen-bond acceptors (Lipinski definition) is 3. The quantitative estimate of drug-likeness (QED) is 0.315. The van der Waals surface area contributed by atoms with Crippen LogP contribution in [0.2, 0.25) is 0 Å². The number of hydrogen-bond donors (Lipinski definition) is 3. The van der Waals surface area contributed by atoms with Crippen molar-refractivity contribution in [2.45, 2.75) is 53.0 Å². The van der Waals surface area contributed by atoms with Crippen molar-refractivity contribution in [2.24, 2.45) is 34.6 Å². The lowest BCUT2D eigenvalue weighted by molar-refractivity contribution is -0.125. The van der Waals surface area contributed by atoms with E-state index in [1.54, 1.807) is 0 Å². The van der Waals surface area contributed by atoms with Gasteiger partial charge in [-0.15, -0.1) is 0 Å². The first-order valence-corrected chi connectivity index (χ1v) is 7.14. The van der Waals surface area contributed by atoms with Crippen molar-refractivity contribution in [1.82, 2.24) is 5.32 Å². The smallest absolute Gasteiger partial charge is 0.231 e.